The highest BCUT2D eigenvalue weighted by Crippen LogP contribution is 2.09. The van der Waals surface area contributed by atoms with Gasteiger partial charge in [-0.15, -0.1) is 0 Å². The molecule has 88 valence electrons. The average Bonchev–Trinajstić information content (AvgIpc) is 2.15. The highest BCUT2D eigenvalue weighted by atomic mass is 32.2. The SMILES string of the molecule is CC(=O)N[C@@H](CSCC(C)CO)C(=O)O. The maximum Gasteiger partial charge on any atom is 0.327 e. The standard InChI is InChI=1S/C9H17NO4S/c1-6(3-11)4-15-5-8(9(13)14)10-7(2)12/h6,8,11H,3-5H2,1-2H3,(H,10,12)(H,13,14)/t6?,8-/m0/s1. The number of nitrogens with one attached hydrogen (secondary N) is 1. The molecule has 6 heteroatoms. The molecule has 1 unspecified atom stereocenters. The molecule has 0 aliphatic heterocycles. The van der Waals surface area contributed by atoms with Crippen LogP contribution < -0.4 is 5.32 Å². The Kier molecular flexibility index (Phi) is 7.15. The topological polar surface area (TPSA) is 86.6 Å². The van der Waals surface area contributed by atoms with Crippen molar-refractivity contribution in [3.63, 3.8) is 0 Å². The third-order valence-electron chi connectivity index (χ3n) is 1.67. The summed E-state index contributed by atoms with van der Waals surface area (Å²) in [6.45, 7) is 3.25. The minimum Gasteiger partial charge on any atom is -0.480 e. The summed E-state index contributed by atoms with van der Waals surface area (Å²) < 4.78 is 0. The van der Waals surface area contributed by atoms with Crippen LogP contribution in [-0.4, -0.2) is 46.2 Å². The maximum atomic E-state index is 10.7. The van der Waals surface area contributed by atoms with E-state index in [1.54, 1.807) is 0 Å². The van der Waals surface area contributed by atoms with Gasteiger partial charge in [0.25, 0.3) is 0 Å². The molecule has 2 atom stereocenters. The fourth-order valence-corrected chi connectivity index (χ4v) is 1.97. The predicted octanol–water partition coefficient (Wildman–Crippen LogP) is -0.0627. The number of hydrogen-bond acceptors (Lipinski definition) is 4. The molecular weight excluding hydrogens is 218 g/mol. The third kappa shape index (κ3) is 7.21. The Labute approximate surface area is 93.2 Å². The molecule has 15 heavy (non-hydrogen) atoms. The molecule has 0 bridgehead atoms. The van der Waals surface area contributed by atoms with Crippen molar-refractivity contribution in [1.29, 1.82) is 0 Å². The molecule has 0 rings (SSSR count). The van der Waals surface area contributed by atoms with E-state index < -0.39 is 12.0 Å². The second-order valence-electron chi connectivity index (χ2n) is 3.42. The van der Waals surface area contributed by atoms with E-state index in [2.05, 4.69) is 5.32 Å². The lowest BCUT2D eigenvalue weighted by atomic mass is 10.2. The molecule has 0 radical (unpaired) electrons. The van der Waals surface area contributed by atoms with Crippen molar-refractivity contribution in [2.75, 3.05) is 18.1 Å². The predicted molar refractivity (Wildman–Crippen MR) is 58.8 cm³/mol. The molecule has 0 saturated heterocycles. The summed E-state index contributed by atoms with van der Waals surface area (Å²) in [5, 5.41) is 19.9. The number of thioether (sulfide) groups is 1. The summed E-state index contributed by atoms with van der Waals surface area (Å²) in [6.07, 6.45) is 0. The van der Waals surface area contributed by atoms with Gasteiger partial charge in [-0.25, -0.2) is 4.79 Å². The van der Waals surface area contributed by atoms with E-state index in [-0.39, 0.29) is 18.4 Å². The van der Waals surface area contributed by atoms with Crippen LogP contribution in [0.5, 0.6) is 0 Å². The average molecular weight is 235 g/mol. The summed E-state index contributed by atoms with van der Waals surface area (Å²) >= 11 is 1.41. The summed E-state index contributed by atoms with van der Waals surface area (Å²) in [5.41, 5.74) is 0. The number of carboxylic acid groups (broad SMARTS) is 1. The van der Waals surface area contributed by atoms with E-state index in [9.17, 15) is 9.59 Å². The quantitative estimate of drug-likeness (QED) is 0.575. The molecule has 0 aromatic rings. The smallest absolute Gasteiger partial charge is 0.327 e. The largest absolute Gasteiger partial charge is 0.480 e. The van der Waals surface area contributed by atoms with Crippen LogP contribution in [0.2, 0.25) is 0 Å². The van der Waals surface area contributed by atoms with Gasteiger partial charge < -0.3 is 15.5 Å². The van der Waals surface area contributed by atoms with Gasteiger partial charge in [0.15, 0.2) is 0 Å². The summed E-state index contributed by atoms with van der Waals surface area (Å²) in [4.78, 5) is 21.4. The van der Waals surface area contributed by atoms with Crippen molar-refractivity contribution in [1.82, 2.24) is 5.32 Å². The van der Waals surface area contributed by atoms with Crippen LogP contribution in [0.3, 0.4) is 0 Å². The zero-order valence-corrected chi connectivity index (χ0v) is 9.71. The number of amides is 1. The van der Waals surface area contributed by atoms with E-state index >= 15 is 0 Å². The lowest BCUT2D eigenvalue weighted by Gasteiger charge is -2.13. The van der Waals surface area contributed by atoms with Gasteiger partial charge in [0.2, 0.25) is 5.91 Å². The molecule has 0 aliphatic rings. The van der Waals surface area contributed by atoms with E-state index in [1.807, 2.05) is 6.92 Å². The van der Waals surface area contributed by atoms with Crippen LogP contribution in [0.25, 0.3) is 0 Å². The van der Waals surface area contributed by atoms with Crippen molar-refractivity contribution < 1.29 is 19.8 Å². The lowest BCUT2D eigenvalue weighted by Crippen LogP contribution is -2.41. The Bertz CT molecular complexity index is 222. The molecule has 0 spiro atoms. The lowest BCUT2D eigenvalue weighted by molar-refractivity contribution is -0.140. The number of carbonyl (C=O) groups excluding carboxylic acids is 1. The molecule has 0 heterocycles. The van der Waals surface area contributed by atoms with E-state index in [0.717, 1.165) is 0 Å². The second-order valence-corrected chi connectivity index (χ2v) is 4.49. The van der Waals surface area contributed by atoms with Crippen molar-refractivity contribution in [3.05, 3.63) is 0 Å². The number of hydrogen-bond donors (Lipinski definition) is 3. The molecule has 0 fully saturated rings. The van der Waals surface area contributed by atoms with Gasteiger partial charge in [-0.1, -0.05) is 6.92 Å². The van der Waals surface area contributed by atoms with E-state index in [4.69, 9.17) is 10.2 Å². The van der Waals surface area contributed by atoms with Crippen LogP contribution in [-0.2, 0) is 9.59 Å². The Morgan fingerprint density at radius 3 is 2.40 bits per heavy atom. The molecule has 1 amide bonds. The van der Waals surface area contributed by atoms with Crippen LogP contribution in [0, 0.1) is 5.92 Å². The molecule has 3 N–H and O–H groups in total. The monoisotopic (exact) mass is 235 g/mol. The van der Waals surface area contributed by atoms with Gasteiger partial charge >= 0.3 is 5.97 Å². The highest BCUT2D eigenvalue weighted by Gasteiger charge is 2.18. The summed E-state index contributed by atoms with van der Waals surface area (Å²) in [6, 6.07) is -0.849. The molecule has 0 aliphatic carbocycles. The number of aliphatic hydroxyl groups is 1. The number of rotatable bonds is 7. The number of aliphatic hydroxyl groups excluding tert-OH is 1. The second kappa shape index (κ2) is 7.53. The number of carbonyl (C=O) groups is 2. The summed E-state index contributed by atoms with van der Waals surface area (Å²) in [7, 11) is 0. The van der Waals surface area contributed by atoms with E-state index in [0.29, 0.717) is 11.5 Å². The Morgan fingerprint density at radius 1 is 1.40 bits per heavy atom. The van der Waals surface area contributed by atoms with Crippen LogP contribution in [0.1, 0.15) is 13.8 Å². The van der Waals surface area contributed by atoms with Gasteiger partial charge in [0.1, 0.15) is 6.04 Å². The normalized spacial score (nSPS) is 14.3. The minimum absolute atomic E-state index is 0.0882. The maximum absolute atomic E-state index is 10.7. The molecular formula is C9H17NO4S. The van der Waals surface area contributed by atoms with Crippen molar-refractivity contribution in [3.8, 4) is 0 Å². The van der Waals surface area contributed by atoms with Crippen LogP contribution >= 0.6 is 11.8 Å². The first-order valence-corrected chi connectivity index (χ1v) is 5.81. The van der Waals surface area contributed by atoms with E-state index in [1.165, 1.54) is 18.7 Å². The molecule has 0 saturated carbocycles. The zero-order valence-electron chi connectivity index (χ0n) is 8.90. The third-order valence-corrected chi connectivity index (χ3v) is 3.05. The van der Waals surface area contributed by atoms with Crippen molar-refractivity contribution in [2.24, 2.45) is 5.92 Å². The van der Waals surface area contributed by atoms with Gasteiger partial charge in [0, 0.05) is 19.3 Å². The fourth-order valence-electron chi connectivity index (χ4n) is 0.860. The van der Waals surface area contributed by atoms with Gasteiger partial charge in [-0.05, 0) is 11.7 Å². The molecule has 0 aromatic carbocycles. The Hall–Kier alpha value is -0.750. The number of carboxylic acids is 1. The van der Waals surface area contributed by atoms with Gasteiger partial charge in [-0.2, -0.15) is 11.8 Å². The van der Waals surface area contributed by atoms with Gasteiger partial charge in [-0.3, -0.25) is 4.79 Å². The van der Waals surface area contributed by atoms with Crippen molar-refractivity contribution in [2.45, 2.75) is 19.9 Å². The minimum atomic E-state index is -1.03. The first-order chi connectivity index (χ1) is 6.97. The fraction of sp³-hybridized carbons (Fsp3) is 0.778. The molecule has 0 aromatic heterocycles. The first-order valence-electron chi connectivity index (χ1n) is 4.65. The summed E-state index contributed by atoms with van der Waals surface area (Å²) in [5.74, 6) is -0.242. The highest BCUT2D eigenvalue weighted by molar-refractivity contribution is 7.99. The Balaban J connectivity index is 3.86. The van der Waals surface area contributed by atoms with Gasteiger partial charge in [0.05, 0.1) is 0 Å². The van der Waals surface area contributed by atoms with Crippen LogP contribution in [0.15, 0.2) is 0 Å². The zero-order chi connectivity index (χ0) is 11.8. The molecule has 5 nitrogen and oxygen atoms in total. The first kappa shape index (κ1) is 14.2. The number of aliphatic carboxylic acids is 1. The van der Waals surface area contributed by atoms with Crippen LogP contribution in [0.4, 0.5) is 0 Å². The Morgan fingerprint density at radius 2 is 2.00 bits per heavy atom. The van der Waals surface area contributed by atoms with Crippen molar-refractivity contribution >= 4 is 23.6 Å².